The van der Waals surface area contributed by atoms with Gasteiger partial charge in [0.2, 0.25) is 0 Å². The van der Waals surface area contributed by atoms with Gasteiger partial charge in [-0.1, -0.05) is 29.8 Å². The maximum atomic E-state index is 13.2. The molecule has 0 spiro atoms. The number of hydrogen-bond donors (Lipinski definition) is 1. The van der Waals surface area contributed by atoms with Gasteiger partial charge in [-0.3, -0.25) is 14.8 Å². The fourth-order valence-corrected chi connectivity index (χ4v) is 4.28. The Labute approximate surface area is 166 Å². The van der Waals surface area contributed by atoms with Gasteiger partial charge in [0.15, 0.2) is 5.69 Å². The number of aromatic nitrogens is 2. The first kappa shape index (κ1) is 19.2. The van der Waals surface area contributed by atoms with Crippen LogP contribution in [0.4, 0.5) is 0 Å². The summed E-state index contributed by atoms with van der Waals surface area (Å²) in [5.74, 6) is 0.0518. The van der Waals surface area contributed by atoms with E-state index in [1.807, 2.05) is 11.8 Å². The number of fused-ring (bicyclic) bond motifs is 1. The second-order valence-electron chi connectivity index (χ2n) is 8.16. The topological polar surface area (TPSA) is 61.5 Å². The molecule has 2 aromatic rings. The summed E-state index contributed by atoms with van der Waals surface area (Å²) < 4.78 is 5.85. The molecule has 3 heterocycles. The van der Waals surface area contributed by atoms with Gasteiger partial charge in [-0.2, -0.15) is 5.10 Å². The lowest BCUT2D eigenvalue weighted by Crippen LogP contribution is -2.36. The summed E-state index contributed by atoms with van der Waals surface area (Å²) in [7, 11) is 0. The second kappa shape index (κ2) is 8.05. The molecule has 0 bridgehead atoms. The minimum atomic E-state index is -0.0399. The van der Waals surface area contributed by atoms with Crippen LogP contribution in [-0.2, 0) is 17.7 Å². The van der Waals surface area contributed by atoms with E-state index in [-0.39, 0.29) is 18.1 Å². The van der Waals surface area contributed by atoms with Crippen molar-refractivity contribution < 1.29 is 9.53 Å². The number of hydrogen-bond acceptors (Lipinski definition) is 4. The molecule has 1 aromatic carbocycles. The van der Waals surface area contributed by atoms with Crippen molar-refractivity contribution in [2.75, 3.05) is 26.2 Å². The van der Waals surface area contributed by atoms with Crippen molar-refractivity contribution in [2.24, 2.45) is 0 Å². The summed E-state index contributed by atoms with van der Waals surface area (Å²) in [5, 5.41) is 7.42. The minimum absolute atomic E-state index is 0.0399. The molecule has 0 aliphatic carbocycles. The lowest BCUT2D eigenvalue weighted by Gasteiger charge is -2.26. The zero-order chi connectivity index (χ0) is 19.7. The number of H-pyrrole nitrogens is 1. The summed E-state index contributed by atoms with van der Waals surface area (Å²) >= 11 is 0. The lowest BCUT2D eigenvalue weighted by molar-refractivity contribution is -0.00701. The van der Waals surface area contributed by atoms with Crippen LogP contribution in [0.15, 0.2) is 24.3 Å². The van der Waals surface area contributed by atoms with Crippen molar-refractivity contribution in [1.29, 1.82) is 0 Å². The minimum Gasteiger partial charge on any atom is -0.369 e. The van der Waals surface area contributed by atoms with Crippen molar-refractivity contribution in [3.05, 3.63) is 52.3 Å². The van der Waals surface area contributed by atoms with E-state index >= 15 is 0 Å². The van der Waals surface area contributed by atoms with Gasteiger partial charge in [0, 0.05) is 44.7 Å². The average Bonchev–Trinajstić information content (AvgIpc) is 2.95. The van der Waals surface area contributed by atoms with Crippen molar-refractivity contribution in [3.63, 3.8) is 0 Å². The van der Waals surface area contributed by atoms with Gasteiger partial charge in [-0.15, -0.1) is 0 Å². The Morgan fingerprint density at radius 1 is 1.18 bits per heavy atom. The van der Waals surface area contributed by atoms with Crippen LogP contribution in [0.2, 0.25) is 0 Å². The highest BCUT2D eigenvalue weighted by Crippen LogP contribution is 2.30. The number of aromatic amines is 1. The molecule has 2 atom stereocenters. The van der Waals surface area contributed by atoms with E-state index in [9.17, 15) is 4.79 Å². The van der Waals surface area contributed by atoms with Crippen LogP contribution in [-0.4, -0.2) is 58.2 Å². The van der Waals surface area contributed by atoms with Gasteiger partial charge in [-0.25, -0.2) is 0 Å². The highest BCUT2D eigenvalue weighted by molar-refractivity contribution is 5.94. The van der Waals surface area contributed by atoms with E-state index in [1.165, 1.54) is 11.1 Å². The first-order chi connectivity index (χ1) is 13.5. The van der Waals surface area contributed by atoms with E-state index in [2.05, 4.69) is 53.2 Å². The van der Waals surface area contributed by atoms with Crippen LogP contribution in [0.3, 0.4) is 0 Å². The third kappa shape index (κ3) is 3.98. The van der Waals surface area contributed by atoms with E-state index < -0.39 is 0 Å². The number of nitrogens with zero attached hydrogens (tertiary/aromatic N) is 3. The predicted molar refractivity (Wildman–Crippen MR) is 108 cm³/mol. The van der Waals surface area contributed by atoms with Crippen molar-refractivity contribution in [3.8, 4) is 0 Å². The smallest absolute Gasteiger partial charge is 0.274 e. The summed E-state index contributed by atoms with van der Waals surface area (Å²) in [4.78, 5) is 17.6. The normalized spacial score (nSPS) is 23.3. The monoisotopic (exact) mass is 382 g/mol. The fraction of sp³-hybridized carbons (Fsp3) is 0.545. The Morgan fingerprint density at radius 3 is 2.75 bits per heavy atom. The Hall–Kier alpha value is -2.18. The number of aryl methyl sites for hydroxylation is 1. The third-order valence-corrected chi connectivity index (χ3v) is 5.84. The molecule has 6 nitrogen and oxygen atoms in total. The first-order valence-electron chi connectivity index (χ1n) is 10.3. The molecule has 0 unspecified atom stereocenters. The number of carbonyl (C=O) groups is 1. The van der Waals surface area contributed by atoms with Gasteiger partial charge in [0.1, 0.15) is 0 Å². The SMILES string of the molecule is Cc1ccc(CN2CCCN(C(=O)c3n[nH]c4c3C[C@@H](C)O[C@H]4C)CC2)cc1. The van der Waals surface area contributed by atoms with Crippen LogP contribution in [0, 0.1) is 6.92 Å². The van der Waals surface area contributed by atoms with Gasteiger partial charge < -0.3 is 9.64 Å². The molecule has 0 saturated carbocycles. The van der Waals surface area contributed by atoms with E-state index in [1.54, 1.807) is 0 Å². The van der Waals surface area contributed by atoms with Crippen LogP contribution in [0.5, 0.6) is 0 Å². The Kier molecular flexibility index (Phi) is 5.51. The summed E-state index contributed by atoms with van der Waals surface area (Å²) in [6, 6.07) is 8.72. The lowest BCUT2D eigenvalue weighted by atomic mass is 9.99. The largest absolute Gasteiger partial charge is 0.369 e. The molecular weight excluding hydrogens is 352 g/mol. The molecule has 0 radical (unpaired) electrons. The third-order valence-electron chi connectivity index (χ3n) is 5.84. The maximum absolute atomic E-state index is 13.2. The number of ether oxygens (including phenoxy) is 1. The quantitative estimate of drug-likeness (QED) is 0.886. The van der Waals surface area contributed by atoms with E-state index in [0.717, 1.165) is 56.8 Å². The second-order valence-corrected chi connectivity index (χ2v) is 8.16. The molecule has 1 saturated heterocycles. The predicted octanol–water partition coefficient (Wildman–Crippen LogP) is 3.09. The van der Waals surface area contributed by atoms with Gasteiger partial charge >= 0.3 is 0 Å². The number of carbonyl (C=O) groups excluding carboxylic acids is 1. The van der Waals surface area contributed by atoms with Crippen LogP contribution < -0.4 is 0 Å². The van der Waals surface area contributed by atoms with Crippen LogP contribution >= 0.6 is 0 Å². The zero-order valence-electron chi connectivity index (χ0n) is 17.1. The van der Waals surface area contributed by atoms with Crippen LogP contribution in [0.25, 0.3) is 0 Å². The van der Waals surface area contributed by atoms with Crippen LogP contribution in [0.1, 0.15) is 59.2 Å². The van der Waals surface area contributed by atoms with Crippen molar-refractivity contribution >= 4 is 5.91 Å². The number of benzene rings is 1. The highest BCUT2D eigenvalue weighted by atomic mass is 16.5. The van der Waals surface area contributed by atoms with Gasteiger partial charge in [-0.05, 0) is 32.8 Å². The van der Waals surface area contributed by atoms with E-state index in [4.69, 9.17) is 4.74 Å². The highest BCUT2D eigenvalue weighted by Gasteiger charge is 2.31. The van der Waals surface area contributed by atoms with Crippen molar-refractivity contribution in [2.45, 2.75) is 52.4 Å². The first-order valence-corrected chi connectivity index (χ1v) is 10.3. The molecule has 28 heavy (non-hydrogen) atoms. The number of rotatable bonds is 3. The molecule has 1 fully saturated rings. The number of nitrogens with one attached hydrogen (secondary N) is 1. The summed E-state index contributed by atoms with van der Waals surface area (Å²) in [6.45, 7) is 10.5. The summed E-state index contributed by atoms with van der Waals surface area (Å²) in [6.07, 6.45) is 1.80. The molecule has 4 rings (SSSR count). The fourth-order valence-electron chi connectivity index (χ4n) is 4.28. The maximum Gasteiger partial charge on any atom is 0.274 e. The van der Waals surface area contributed by atoms with E-state index in [0.29, 0.717) is 5.69 Å². The Bertz CT molecular complexity index is 830. The molecule has 150 valence electrons. The Morgan fingerprint density at radius 2 is 1.96 bits per heavy atom. The average molecular weight is 383 g/mol. The molecule has 6 heteroatoms. The molecule has 2 aliphatic rings. The molecule has 2 aliphatic heterocycles. The number of amides is 1. The molecular formula is C22H30N4O2. The zero-order valence-corrected chi connectivity index (χ0v) is 17.1. The molecule has 1 amide bonds. The molecule has 1 N–H and O–H groups in total. The summed E-state index contributed by atoms with van der Waals surface area (Å²) in [5.41, 5.74) is 5.20. The van der Waals surface area contributed by atoms with Gasteiger partial charge in [0.05, 0.1) is 17.9 Å². The van der Waals surface area contributed by atoms with Crippen molar-refractivity contribution in [1.82, 2.24) is 20.0 Å². The Balaban J connectivity index is 1.42. The molecule has 1 aromatic heterocycles. The standard InChI is InChI=1S/C22H30N4O2/c1-15-5-7-18(8-6-15)14-25-9-4-10-26(12-11-25)22(27)21-19-13-16(2)28-17(3)20(19)23-24-21/h5-8,16-17H,4,9-14H2,1-3H3,(H,23,24)/t16-,17+/m1/s1. The van der Waals surface area contributed by atoms with Gasteiger partial charge in [0.25, 0.3) is 5.91 Å².